The van der Waals surface area contributed by atoms with E-state index in [4.69, 9.17) is 0 Å². The van der Waals surface area contributed by atoms with Gasteiger partial charge < -0.3 is 9.88 Å². The summed E-state index contributed by atoms with van der Waals surface area (Å²) in [5.74, 6) is -0.186. The molecule has 0 radical (unpaired) electrons. The highest BCUT2D eigenvalue weighted by Gasteiger charge is 2.11. The Morgan fingerprint density at radius 3 is 2.67 bits per heavy atom. The van der Waals surface area contributed by atoms with Gasteiger partial charge in [-0.15, -0.1) is 0 Å². The molecular formula is C16H11Br2N3O3. The van der Waals surface area contributed by atoms with E-state index in [1.54, 1.807) is 29.0 Å². The summed E-state index contributed by atoms with van der Waals surface area (Å²) >= 11 is 6.76. The molecule has 3 rings (SSSR count). The molecule has 1 N–H and O–H groups in total. The molecule has 1 heterocycles. The molecule has 0 saturated heterocycles. The summed E-state index contributed by atoms with van der Waals surface area (Å²) in [6, 6.07) is 11.8. The number of benzene rings is 2. The minimum Gasteiger partial charge on any atom is -0.338 e. The second-order valence-corrected chi connectivity index (χ2v) is 6.89. The Bertz CT molecular complexity index is 953. The number of carbonyl (C=O) groups excluding carboxylic acids is 1. The van der Waals surface area contributed by atoms with Gasteiger partial charge in [0.2, 0.25) is 5.91 Å². The number of amides is 1. The van der Waals surface area contributed by atoms with Crippen molar-refractivity contribution in [2.75, 3.05) is 5.32 Å². The fourth-order valence-corrected chi connectivity index (χ4v) is 3.52. The maximum atomic E-state index is 12.3. The molecule has 0 saturated carbocycles. The number of rotatable bonds is 4. The second kappa shape index (κ2) is 6.74. The van der Waals surface area contributed by atoms with Gasteiger partial charge in [0.25, 0.3) is 5.69 Å². The van der Waals surface area contributed by atoms with E-state index >= 15 is 0 Å². The van der Waals surface area contributed by atoms with Gasteiger partial charge in [-0.1, -0.05) is 15.9 Å². The van der Waals surface area contributed by atoms with E-state index in [0.29, 0.717) is 5.69 Å². The van der Waals surface area contributed by atoms with E-state index in [1.165, 1.54) is 12.1 Å². The van der Waals surface area contributed by atoms with Gasteiger partial charge in [0.1, 0.15) is 6.54 Å². The summed E-state index contributed by atoms with van der Waals surface area (Å²) in [7, 11) is 0. The van der Waals surface area contributed by atoms with E-state index < -0.39 is 4.92 Å². The number of hydrogen-bond donors (Lipinski definition) is 1. The number of nitrogens with zero attached hydrogens (tertiary/aromatic N) is 2. The van der Waals surface area contributed by atoms with E-state index in [1.807, 2.05) is 12.1 Å². The SMILES string of the molecule is O=C(Cn1ccc2cc([N+](=O)[O-])ccc21)Nc1ccc(Br)cc1Br. The Kier molecular flexibility index (Phi) is 4.68. The average molecular weight is 453 g/mol. The molecule has 122 valence electrons. The zero-order valence-corrected chi connectivity index (χ0v) is 15.4. The Morgan fingerprint density at radius 2 is 1.96 bits per heavy atom. The van der Waals surface area contributed by atoms with Crippen LogP contribution >= 0.6 is 31.9 Å². The molecule has 0 aliphatic rings. The van der Waals surface area contributed by atoms with Crippen molar-refractivity contribution in [1.82, 2.24) is 4.57 Å². The van der Waals surface area contributed by atoms with Gasteiger partial charge in [0.05, 0.1) is 10.6 Å². The smallest absolute Gasteiger partial charge is 0.270 e. The van der Waals surface area contributed by atoms with Crippen molar-refractivity contribution in [1.29, 1.82) is 0 Å². The molecule has 3 aromatic rings. The van der Waals surface area contributed by atoms with Crippen molar-refractivity contribution >= 4 is 60.0 Å². The van der Waals surface area contributed by atoms with Crippen LogP contribution < -0.4 is 5.32 Å². The molecular weight excluding hydrogens is 442 g/mol. The topological polar surface area (TPSA) is 77.2 Å². The quantitative estimate of drug-likeness (QED) is 0.459. The molecule has 6 nitrogen and oxygen atoms in total. The zero-order chi connectivity index (χ0) is 17.3. The van der Waals surface area contributed by atoms with Crippen molar-refractivity contribution < 1.29 is 9.72 Å². The number of nitro groups is 1. The van der Waals surface area contributed by atoms with Crippen molar-refractivity contribution in [3.05, 3.63) is 67.7 Å². The summed E-state index contributed by atoms with van der Waals surface area (Å²) in [5, 5.41) is 14.4. The highest BCUT2D eigenvalue weighted by molar-refractivity contribution is 9.11. The van der Waals surface area contributed by atoms with Crippen molar-refractivity contribution in [3.63, 3.8) is 0 Å². The number of hydrogen-bond acceptors (Lipinski definition) is 3. The molecule has 0 spiro atoms. The van der Waals surface area contributed by atoms with Gasteiger partial charge in [-0.05, 0) is 46.3 Å². The maximum Gasteiger partial charge on any atom is 0.270 e. The number of non-ortho nitro benzene ring substituents is 1. The predicted molar refractivity (Wildman–Crippen MR) is 99.1 cm³/mol. The van der Waals surface area contributed by atoms with Gasteiger partial charge in [0, 0.05) is 38.2 Å². The van der Waals surface area contributed by atoms with E-state index in [9.17, 15) is 14.9 Å². The number of carbonyl (C=O) groups is 1. The molecule has 0 bridgehead atoms. The first-order valence-electron chi connectivity index (χ1n) is 6.92. The third kappa shape index (κ3) is 3.49. The summed E-state index contributed by atoms with van der Waals surface area (Å²) in [6.45, 7) is 0.115. The average Bonchev–Trinajstić information content (AvgIpc) is 2.92. The third-order valence-electron chi connectivity index (χ3n) is 3.48. The van der Waals surface area contributed by atoms with Crippen molar-refractivity contribution in [2.24, 2.45) is 0 Å². The van der Waals surface area contributed by atoms with Crippen LogP contribution in [0.15, 0.2) is 57.6 Å². The van der Waals surface area contributed by atoms with Gasteiger partial charge in [0.15, 0.2) is 0 Å². The molecule has 8 heteroatoms. The summed E-state index contributed by atoms with van der Waals surface area (Å²) in [6.07, 6.45) is 1.74. The first-order valence-corrected chi connectivity index (χ1v) is 8.51. The normalized spacial score (nSPS) is 10.8. The molecule has 24 heavy (non-hydrogen) atoms. The van der Waals surface area contributed by atoms with Crippen molar-refractivity contribution in [2.45, 2.75) is 6.54 Å². The maximum absolute atomic E-state index is 12.3. The lowest BCUT2D eigenvalue weighted by Gasteiger charge is -2.09. The number of anilines is 1. The van der Waals surface area contributed by atoms with Crippen LogP contribution in [0, 0.1) is 10.1 Å². The Morgan fingerprint density at radius 1 is 1.17 bits per heavy atom. The number of fused-ring (bicyclic) bond motifs is 1. The summed E-state index contributed by atoms with van der Waals surface area (Å²) < 4.78 is 3.44. The second-order valence-electron chi connectivity index (χ2n) is 5.12. The Hall–Kier alpha value is -2.19. The predicted octanol–water partition coefficient (Wildman–Crippen LogP) is 4.71. The monoisotopic (exact) mass is 451 g/mol. The van der Waals surface area contributed by atoms with Crippen LogP contribution in [0.3, 0.4) is 0 Å². The Balaban J connectivity index is 1.79. The van der Waals surface area contributed by atoms with E-state index in [-0.39, 0.29) is 18.1 Å². The fraction of sp³-hybridized carbons (Fsp3) is 0.0625. The number of aromatic nitrogens is 1. The fourth-order valence-electron chi connectivity index (χ4n) is 2.37. The molecule has 2 aromatic carbocycles. The van der Waals surface area contributed by atoms with Crippen LogP contribution in [0.5, 0.6) is 0 Å². The standard InChI is InChI=1S/C16H11Br2N3O3/c17-11-1-3-14(13(18)8-11)19-16(22)9-20-6-5-10-7-12(21(23)24)2-4-15(10)20/h1-8H,9H2,(H,19,22). The largest absolute Gasteiger partial charge is 0.338 e. The van der Waals surface area contributed by atoms with Crippen LogP contribution in [0.2, 0.25) is 0 Å². The van der Waals surface area contributed by atoms with Crippen LogP contribution in [0.4, 0.5) is 11.4 Å². The van der Waals surface area contributed by atoms with Crippen LogP contribution in [-0.4, -0.2) is 15.4 Å². The lowest BCUT2D eigenvalue weighted by atomic mass is 10.2. The molecule has 0 unspecified atom stereocenters. The summed E-state index contributed by atoms with van der Waals surface area (Å²) in [5.41, 5.74) is 1.48. The number of nitrogens with one attached hydrogen (secondary N) is 1. The van der Waals surface area contributed by atoms with Crippen LogP contribution in [0.25, 0.3) is 10.9 Å². The molecule has 0 aliphatic heterocycles. The van der Waals surface area contributed by atoms with Crippen LogP contribution in [-0.2, 0) is 11.3 Å². The first-order chi connectivity index (χ1) is 11.4. The lowest BCUT2D eigenvalue weighted by Crippen LogP contribution is -2.18. The third-order valence-corrected chi connectivity index (χ3v) is 4.63. The van der Waals surface area contributed by atoms with Gasteiger partial charge in [-0.2, -0.15) is 0 Å². The van der Waals surface area contributed by atoms with Gasteiger partial charge >= 0.3 is 0 Å². The van der Waals surface area contributed by atoms with Gasteiger partial charge in [-0.3, -0.25) is 14.9 Å². The molecule has 1 aromatic heterocycles. The molecule has 0 atom stereocenters. The summed E-state index contributed by atoms with van der Waals surface area (Å²) in [4.78, 5) is 22.6. The van der Waals surface area contributed by atoms with Crippen molar-refractivity contribution in [3.8, 4) is 0 Å². The van der Waals surface area contributed by atoms with Crippen LogP contribution in [0.1, 0.15) is 0 Å². The highest BCUT2D eigenvalue weighted by atomic mass is 79.9. The zero-order valence-electron chi connectivity index (χ0n) is 12.2. The minimum absolute atomic E-state index is 0.0310. The Labute approximate surface area is 153 Å². The first kappa shape index (κ1) is 16.7. The molecule has 1 amide bonds. The highest BCUT2D eigenvalue weighted by Crippen LogP contribution is 2.26. The van der Waals surface area contributed by atoms with E-state index in [0.717, 1.165) is 19.8 Å². The lowest BCUT2D eigenvalue weighted by molar-refractivity contribution is -0.384. The number of nitro benzene ring substituents is 1. The van der Waals surface area contributed by atoms with E-state index in [2.05, 4.69) is 37.2 Å². The number of halogens is 2. The molecule has 0 fully saturated rings. The minimum atomic E-state index is -0.436. The van der Waals surface area contributed by atoms with Gasteiger partial charge in [-0.25, -0.2) is 0 Å². The molecule has 0 aliphatic carbocycles.